The summed E-state index contributed by atoms with van der Waals surface area (Å²) in [6.45, 7) is 0.732. The third-order valence-electron chi connectivity index (χ3n) is 5.17. The number of allylic oxidation sites excluding steroid dienone is 3. The van der Waals surface area contributed by atoms with Crippen LogP contribution in [0.25, 0.3) is 22.5 Å². The van der Waals surface area contributed by atoms with Crippen LogP contribution in [0.2, 0.25) is 0 Å². The lowest BCUT2D eigenvalue weighted by Crippen LogP contribution is -2.13. The Hall–Kier alpha value is -3.15. The Morgan fingerprint density at radius 3 is 2.57 bits per heavy atom. The predicted octanol–water partition coefficient (Wildman–Crippen LogP) is 3.25. The number of tetrazole rings is 1. The summed E-state index contributed by atoms with van der Waals surface area (Å²) >= 11 is 0. The molecule has 1 heterocycles. The smallest absolute Gasteiger partial charge is 0.182 e. The summed E-state index contributed by atoms with van der Waals surface area (Å²) < 4.78 is 7.18. The van der Waals surface area contributed by atoms with E-state index in [-0.39, 0.29) is 0 Å². The fourth-order valence-electron chi connectivity index (χ4n) is 3.52. The maximum absolute atomic E-state index is 5.28. The molecule has 1 unspecified atom stereocenters. The van der Waals surface area contributed by atoms with Crippen molar-refractivity contribution in [3.05, 3.63) is 78.1 Å². The first-order valence-corrected chi connectivity index (χ1v) is 9.65. The largest absolute Gasteiger partial charge is 0.497 e. The van der Waals surface area contributed by atoms with Gasteiger partial charge >= 0.3 is 0 Å². The molecule has 28 heavy (non-hydrogen) atoms. The number of hydrogen-bond donors (Lipinski definition) is 0. The normalized spacial score (nSPS) is 16.0. The van der Waals surface area contributed by atoms with Gasteiger partial charge in [-0.2, -0.15) is 0 Å². The van der Waals surface area contributed by atoms with Crippen molar-refractivity contribution in [2.75, 3.05) is 7.11 Å². The van der Waals surface area contributed by atoms with E-state index in [0.717, 1.165) is 42.0 Å². The van der Waals surface area contributed by atoms with E-state index < -0.39 is 0 Å². The van der Waals surface area contributed by atoms with Crippen LogP contribution in [0.3, 0.4) is 0 Å². The third-order valence-corrected chi connectivity index (χ3v) is 5.17. The Kier molecular flexibility index (Phi) is 5.37. The molecule has 0 amide bonds. The van der Waals surface area contributed by atoms with Crippen molar-refractivity contribution in [3.63, 3.8) is 0 Å². The SMILES string of the molecule is BCc1ccc(-c2ccccc2-c2nnnn2CC2C=CC(OC)=CC2)cc1. The molecule has 0 radical (unpaired) electrons. The molecule has 0 aliphatic heterocycles. The highest BCUT2D eigenvalue weighted by Crippen LogP contribution is 2.31. The molecule has 6 heteroatoms. The van der Waals surface area contributed by atoms with E-state index in [1.54, 1.807) is 7.11 Å². The zero-order valence-electron chi connectivity index (χ0n) is 16.2. The van der Waals surface area contributed by atoms with E-state index in [4.69, 9.17) is 4.74 Å². The number of ether oxygens (including phenoxy) is 1. The number of benzene rings is 2. The molecule has 1 aromatic heterocycles. The van der Waals surface area contributed by atoms with Crippen LogP contribution in [-0.4, -0.2) is 35.2 Å². The molecule has 2 aromatic carbocycles. The molecule has 4 rings (SSSR count). The van der Waals surface area contributed by atoms with Gasteiger partial charge < -0.3 is 4.74 Å². The molecule has 1 atom stereocenters. The van der Waals surface area contributed by atoms with Gasteiger partial charge in [0.05, 0.1) is 13.7 Å². The van der Waals surface area contributed by atoms with Gasteiger partial charge in [-0.05, 0) is 40.1 Å². The van der Waals surface area contributed by atoms with Crippen LogP contribution in [-0.2, 0) is 17.6 Å². The zero-order valence-corrected chi connectivity index (χ0v) is 16.2. The summed E-state index contributed by atoms with van der Waals surface area (Å²) in [6.07, 6.45) is 8.24. The third kappa shape index (κ3) is 3.76. The minimum atomic E-state index is 0.345. The van der Waals surface area contributed by atoms with Crippen molar-refractivity contribution in [2.24, 2.45) is 5.92 Å². The van der Waals surface area contributed by atoms with Crippen molar-refractivity contribution in [1.82, 2.24) is 20.2 Å². The van der Waals surface area contributed by atoms with Crippen LogP contribution < -0.4 is 0 Å². The van der Waals surface area contributed by atoms with Gasteiger partial charge in [0, 0.05) is 11.5 Å². The average Bonchev–Trinajstić information content (AvgIpc) is 3.22. The molecule has 1 aliphatic carbocycles. The van der Waals surface area contributed by atoms with Gasteiger partial charge in [0.2, 0.25) is 0 Å². The fraction of sp³-hybridized carbons (Fsp3) is 0.227. The van der Waals surface area contributed by atoms with Gasteiger partial charge in [-0.3, -0.25) is 0 Å². The molecular formula is C22H23BN4O. The van der Waals surface area contributed by atoms with Crippen molar-refractivity contribution >= 4 is 7.85 Å². The summed E-state index contributed by atoms with van der Waals surface area (Å²) in [5, 5.41) is 12.6. The fourth-order valence-corrected chi connectivity index (χ4v) is 3.52. The lowest BCUT2D eigenvalue weighted by Gasteiger charge is -2.16. The highest BCUT2D eigenvalue weighted by Gasteiger charge is 2.17. The second kappa shape index (κ2) is 8.25. The van der Waals surface area contributed by atoms with E-state index in [9.17, 15) is 0 Å². The second-order valence-corrected chi connectivity index (χ2v) is 6.95. The maximum Gasteiger partial charge on any atom is 0.182 e. The van der Waals surface area contributed by atoms with E-state index in [1.165, 1.54) is 11.1 Å². The minimum Gasteiger partial charge on any atom is -0.497 e. The highest BCUT2D eigenvalue weighted by molar-refractivity contribution is 6.08. The molecule has 5 nitrogen and oxygen atoms in total. The van der Waals surface area contributed by atoms with Crippen LogP contribution in [0.5, 0.6) is 0 Å². The lowest BCUT2D eigenvalue weighted by molar-refractivity contribution is 0.300. The Morgan fingerprint density at radius 2 is 1.89 bits per heavy atom. The predicted molar refractivity (Wildman–Crippen MR) is 113 cm³/mol. The number of nitrogens with zero attached hydrogens (tertiary/aromatic N) is 4. The summed E-state index contributed by atoms with van der Waals surface area (Å²) in [5.41, 5.74) is 4.69. The molecule has 0 saturated carbocycles. The number of hydrogen-bond acceptors (Lipinski definition) is 4. The van der Waals surface area contributed by atoms with Gasteiger partial charge in [0.1, 0.15) is 13.6 Å². The van der Waals surface area contributed by atoms with E-state index in [2.05, 4.69) is 78.0 Å². The number of rotatable bonds is 6. The highest BCUT2D eigenvalue weighted by atomic mass is 16.5. The molecule has 0 spiro atoms. The van der Waals surface area contributed by atoms with E-state index in [0.29, 0.717) is 5.92 Å². The van der Waals surface area contributed by atoms with Crippen molar-refractivity contribution in [1.29, 1.82) is 0 Å². The van der Waals surface area contributed by atoms with Gasteiger partial charge in [-0.1, -0.05) is 66.5 Å². The Bertz CT molecular complexity index is 1010. The van der Waals surface area contributed by atoms with Crippen LogP contribution in [0.4, 0.5) is 0 Å². The summed E-state index contributed by atoms with van der Waals surface area (Å²) in [5.74, 6) is 2.05. The second-order valence-electron chi connectivity index (χ2n) is 6.95. The Labute approximate surface area is 166 Å². The maximum atomic E-state index is 5.28. The molecule has 140 valence electrons. The quantitative estimate of drug-likeness (QED) is 0.625. The van der Waals surface area contributed by atoms with Crippen LogP contribution >= 0.6 is 0 Å². The molecule has 0 N–H and O–H groups in total. The van der Waals surface area contributed by atoms with Crippen LogP contribution in [0, 0.1) is 5.92 Å². The van der Waals surface area contributed by atoms with E-state index >= 15 is 0 Å². The first-order valence-electron chi connectivity index (χ1n) is 9.65. The van der Waals surface area contributed by atoms with Crippen molar-refractivity contribution in [2.45, 2.75) is 19.3 Å². The van der Waals surface area contributed by atoms with Crippen molar-refractivity contribution in [3.8, 4) is 22.5 Å². The number of methoxy groups -OCH3 is 1. The monoisotopic (exact) mass is 370 g/mol. The minimum absolute atomic E-state index is 0.345. The molecule has 0 bridgehead atoms. The van der Waals surface area contributed by atoms with Gasteiger partial charge in [-0.15, -0.1) is 5.10 Å². The van der Waals surface area contributed by atoms with E-state index in [1.807, 2.05) is 16.8 Å². The zero-order chi connectivity index (χ0) is 19.3. The summed E-state index contributed by atoms with van der Waals surface area (Å²) in [6, 6.07) is 17.0. The summed E-state index contributed by atoms with van der Waals surface area (Å²) in [7, 11) is 3.86. The Morgan fingerprint density at radius 1 is 1.11 bits per heavy atom. The van der Waals surface area contributed by atoms with Crippen molar-refractivity contribution < 1.29 is 4.74 Å². The van der Waals surface area contributed by atoms with Crippen LogP contribution in [0.15, 0.2) is 72.5 Å². The standard InChI is InChI=1S/C22H23BN4O/c1-28-19-12-8-17(9-13-19)15-27-22(24-25-26-27)21-5-3-2-4-20(21)18-10-6-16(14-23)7-11-18/h2-8,10-13,17H,9,14-15,23H2,1H3. The molecular weight excluding hydrogens is 347 g/mol. The molecule has 0 saturated heterocycles. The molecule has 0 fully saturated rings. The van der Waals surface area contributed by atoms with Crippen LogP contribution in [0.1, 0.15) is 12.0 Å². The Balaban J connectivity index is 1.63. The lowest BCUT2D eigenvalue weighted by atomic mass is 9.93. The first kappa shape index (κ1) is 18.2. The molecule has 1 aliphatic rings. The van der Waals surface area contributed by atoms with Gasteiger partial charge in [0.25, 0.3) is 0 Å². The first-order chi connectivity index (χ1) is 13.8. The summed E-state index contributed by atoms with van der Waals surface area (Å²) in [4.78, 5) is 0. The van der Waals surface area contributed by atoms with Gasteiger partial charge in [-0.25, -0.2) is 4.68 Å². The molecule has 3 aromatic rings. The topological polar surface area (TPSA) is 52.8 Å². The number of aromatic nitrogens is 4. The average molecular weight is 370 g/mol. The van der Waals surface area contributed by atoms with Gasteiger partial charge in [0.15, 0.2) is 5.82 Å².